The van der Waals surface area contributed by atoms with E-state index in [9.17, 15) is 34.8 Å². The van der Waals surface area contributed by atoms with Crippen LogP contribution in [-0.4, -0.2) is 88.4 Å². The summed E-state index contributed by atoms with van der Waals surface area (Å²) in [5.41, 5.74) is 0. The van der Waals surface area contributed by atoms with Crippen molar-refractivity contribution in [3.63, 3.8) is 0 Å². The Hall–Kier alpha value is -2.05. The summed E-state index contributed by atoms with van der Waals surface area (Å²) >= 11 is 0. The number of allylic oxidation sites excluding steroid dienone is 2. The quantitative estimate of drug-likeness (QED) is 0.0269. The molecule has 1 rings (SSSR count). The second kappa shape index (κ2) is 35.1. The van der Waals surface area contributed by atoms with Gasteiger partial charge in [0.05, 0.1) is 6.61 Å². The van der Waals surface area contributed by atoms with Gasteiger partial charge in [0.25, 0.3) is 0 Å². The number of aliphatic carboxylic acids is 1. The number of rotatable bonds is 37. The molecule has 0 bridgehead atoms. The van der Waals surface area contributed by atoms with Gasteiger partial charge in [0.1, 0.15) is 24.9 Å². The predicted octanol–water partition coefficient (Wildman–Crippen LogP) is 9.26. The number of hydrogen-bond donors (Lipinski definition) is 4. The number of aliphatic hydroxyl groups excluding tert-OH is 3. The van der Waals surface area contributed by atoms with Crippen LogP contribution >= 0.6 is 0 Å². The average Bonchev–Trinajstić information content (AvgIpc) is 3.17. The molecule has 55 heavy (non-hydrogen) atoms. The molecule has 0 aliphatic carbocycles. The summed E-state index contributed by atoms with van der Waals surface area (Å²) in [5, 5.41) is 39.7. The number of carbonyl (C=O) groups excluding carboxylic acids is 2. The molecule has 1 aliphatic heterocycles. The van der Waals surface area contributed by atoms with E-state index in [1.807, 2.05) is 0 Å². The molecule has 322 valence electrons. The topological polar surface area (TPSA) is 169 Å². The lowest BCUT2D eigenvalue weighted by Gasteiger charge is -2.38. The SMILES string of the molecule is CCCCCCCC/C=C\CCCCCCCCCCCC(=O)OCC(COC1OC(C(=O)O)C(O)C(O)C1O)OC(=O)CCCCCCCCCCCC. The minimum Gasteiger partial charge on any atom is -0.479 e. The van der Waals surface area contributed by atoms with E-state index in [0.717, 1.165) is 38.5 Å². The molecule has 6 unspecified atom stereocenters. The molecule has 0 aromatic rings. The van der Waals surface area contributed by atoms with Gasteiger partial charge >= 0.3 is 17.9 Å². The molecular formula is C44H80O11. The molecule has 1 fully saturated rings. The van der Waals surface area contributed by atoms with Gasteiger partial charge in [-0.15, -0.1) is 0 Å². The van der Waals surface area contributed by atoms with E-state index in [0.29, 0.717) is 12.8 Å². The third-order valence-corrected chi connectivity index (χ3v) is 10.4. The lowest BCUT2D eigenvalue weighted by Crippen LogP contribution is -2.60. The molecule has 0 saturated carbocycles. The zero-order valence-electron chi connectivity index (χ0n) is 34.7. The average molecular weight is 785 g/mol. The fourth-order valence-corrected chi connectivity index (χ4v) is 6.81. The van der Waals surface area contributed by atoms with E-state index >= 15 is 0 Å². The normalized spacial score (nSPS) is 20.5. The number of ether oxygens (including phenoxy) is 4. The van der Waals surface area contributed by atoms with Crippen molar-refractivity contribution in [1.82, 2.24) is 0 Å². The number of carbonyl (C=O) groups is 3. The maximum Gasteiger partial charge on any atom is 0.335 e. The first-order valence-electron chi connectivity index (χ1n) is 22.2. The molecule has 0 aromatic carbocycles. The van der Waals surface area contributed by atoms with Gasteiger partial charge in [-0.2, -0.15) is 0 Å². The smallest absolute Gasteiger partial charge is 0.335 e. The molecule has 11 nitrogen and oxygen atoms in total. The Bertz CT molecular complexity index is 973. The van der Waals surface area contributed by atoms with Gasteiger partial charge in [0.15, 0.2) is 18.5 Å². The van der Waals surface area contributed by atoms with E-state index in [2.05, 4.69) is 26.0 Å². The lowest BCUT2D eigenvalue weighted by atomic mass is 9.99. The van der Waals surface area contributed by atoms with Crippen molar-refractivity contribution >= 4 is 17.9 Å². The van der Waals surface area contributed by atoms with E-state index in [1.54, 1.807) is 0 Å². The second-order valence-corrected chi connectivity index (χ2v) is 15.5. The highest BCUT2D eigenvalue weighted by Crippen LogP contribution is 2.23. The van der Waals surface area contributed by atoms with Crippen LogP contribution < -0.4 is 0 Å². The van der Waals surface area contributed by atoms with Crippen LogP contribution in [0, 0.1) is 0 Å². The standard InChI is InChI=1S/C44H80O11/c1-3-5-7-9-11-13-15-16-17-18-19-20-21-22-23-25-26-28-30-32-37(45)52-34-36(35-53-44-41(49)39(47)40(48)42(55-44)43(50)51)54-38(46)33-31-29-27-24-14-12-10-8-6-4-2/h16-17,36,39-42,44,47-49H,3-15,18-35H2,1-2H3,(H,50,51)/b17-16-. The second-order valence-electron chi connectivity index (χ2n) is 15.5. The number of esters is 2. The maximum atomic E-state index is 12.7. The highest BCUT2D eigenvalue weighted by molar-refractivity contribution is 5.73. The lowest BCUT2D eigenvalue weighted by molar-refractivity contribution is -0.298. The Balaban J connectivity index is 2.32. The minimum atomic E-state index is -1.86. The van der Waals surface area contributed by atoms with Crippen molar-refractivity contribution in [1.29, 1.82) is 0 Å². The Labute approximate surface area is 333 Å². The summed E-state index contributed by atoms with van der Waals surface area (Å²) in [6.45, 7) is 3.79. The Morgan fingerprint density at radius 1 is 0.545 bits per heavy atom. The number of carboxylic acid groups (broad SMARTS) is 1. The van der Waals surface area contributed by atoms with Gasteiger partial charge in [-0.3, -0.25) is 9.59 Å². The summed E-state index contributed by atoms with van der Waals surface area (Å²) in [6, 6.07) is 0. The third-order valence-electron chi connectivity index (χ3n) is 10.4. The molecule has 0 radical (unpaired) electrons. The van der Waals surface area contributed by atoms with Crippen molar-refractivity contribution in [2.24, 2.45) is 0 Å². The minimum absolute atomic E-state index is 0.187. The predicted molar refractivity (Wildman–Crippen MR) is 215 cm³/mol. The number of carboxylic acids is 1. The van der Waals surface area contributed by atoms with Crippen LogP contribution in [0.15, 0.2) is 12.2 Å². The molecule has 0 amide bonds. The molecule has 1 saturated heterocycles. The van der Waals surface area contributed by atoms with Gasteiger partial charge < -0.3 is 39.4 Å². The largest absolute Gasteiger partial charge is 0.479 e. The maximum absolute atomic E-state index is 12.7. The van der Waals surface area contributed by atoms with Crippen LogP contribution in [-0.2, 0) is 33.3 Å². The summed E-state index contributed by atoms with van der Waals surface area (Å²) in [5.74, 6) is -2.44. The number of unbranched alkanes of at least 4 members (excludes halogenated alkanes) is 24. The fraction of sp³-hybridized carbons (Fsp3) is 0.886. The first-order chi connectivity index (χ1) is 26.7. The van der Waals surface area contributed by atoms with Gasteiger partial charge in [0, 0.05) is 12.8 Å². The molecule has 4 N–H and O–H groups in total. The van der Waals surface area contributed by atoms with E-state index < -0.39 is 54.7 Å². The zero-order chi connectivity index (χ0) is 40.4. The zero-order valence-corrected chi connectivity index (χ0v) is 34.7. The van der Waals surface area contributed by atoms with Crippen LogP contribution in [0.2, 0.25) is 0 Å². The monoisotopic (exact) mass is 785 g/mol. The highest BCUT2D eigenvalue weighted by Gasteiger charge is 2.47. The van der Waals surface area contributed by atoms with Crippen molar-refractivity contribution in [3.8, 4) is 0 Å². The molecule has 1 heterocycles. The fourth-order valence-electron chi connectivity index (χ4n) is 6.81. The summed E-state index contributed by atoms with van der Waals surface area (Å²) < 4.78 is 21.7. The van der Waals surface area contributed by atoms with Crippen molar-refractivity contribution < 1.29 is 53.8 Å². The Morgan fingerprint density at radius 2 is 0.964 bits per heavy atom. The first kappa shape index (κ1) is 51.0. The van der Waals surface area contributed by atoms with Gasteiger partial charge in [-0.25, -0.2) is 4.79 Å². The molecule has 0 spiro atoms. The molecule has 1 aliphatic rings. The van der Waals surface area contributed by atoms with E-state index in [1.165, 1.54) is 122 Å². The van der Waals surface area contributed by atoms with Gasteiger partial charge in [-0.05, 0) is 38.5 Å². The van der Waals surface area contributed by atoms with Crippen molar-refractivity contribution in [2.45, 2.75) is 237 Å². The third kappa shape index (κ3) is 27.3. The Kier molecular flexibility index (Phi) is 32.6. The van der Waals surface area contributed by atoms with Crippen LogP contribution in [0.4, 0.5) is 0 Å². The van der Waals surface area contributed by atoms with E-state index in [-0.39, 0.29) is 26.1 Å². The summed E-state index contributed by atoms with van der Waals surface area (Å²) in [4.78, 5) is 36.7. The van der Waals surface area contributed by atoms with Gasteiger partial charge in [-0.1, -0.05) is 161 Å². The summed E-state index contributed by atoms with van der Waals surface area (Å²) in [6.07, 6.45) is 27.0. The summed E-state index contributed by atoms with van der Waals surface area (Å²) in [7, 11) is 0. The Morgan fingerprint density at radius 3 is 1.42 bits per heavy atom. The van der Waals surface area contributed by atoms with E-state index in [4.69, 9.17) is 18.9 Å². The van der Waals surface area contributed by atoms with Crippen LogP contribution in [0.1, 0.15) is 200 Å². The highest BCUT2D eigenvalue weighted by atomic mass is 16.7. The van der Waals surface area contributed by atoms with Crippen LogP contribution in [0.25, 0.3) is 0 Å². The number of hydrogen-bond acceptors (Lipinski definition) is 10. The van der Waals surface area contributed by atoms with Gasteiger partial charge in [0.2, 0.25) is 0 Å². The first-order valence-corrected chi connectivity index (χ1v) is 22.2. The van der Waals surface area contributed by atoms with Crippen LogP contribution in [0.5, 0.6) is 0 Å². The molecule has 0 aromatic heterocycles. The van der Waals surface area contributed by atoms with Crippen LogP contribution in [0.3, 0.4) is 0 Å². The molecule has 11 heteroatoms. The molecule has 6 atom stereocenters. The molecular weight excluding hydrogens is 704 g/mol. The van der Waals surface area contributed by atoms with Crippen molar-refractivity contribution in [2.75, 3.05) is 13.2 Å². The van der Waals surface area contributed by atoms with Crippen molar-refractivity contribution in [3.05, 3.63) is 12.2 Å². The number of aliphatic hydroxyl groups is 3.